The van der Waals surface area contributed by atoms with Gasteiger partial charge in [0, 0.05) is 17.2 Å². The number of hydrogen-bond acceptors (Lipinski definition) is 4. The molecule has 3 N–H and O–H groups in total. The molecule has 0 fully saturated rings. The maximum Gasteiger partial charge on any atom is 0.274 e. The maximum absolute atomic E-state index is 12.1. The summed E-state index contributed by atoms with van der Waals surface area (Å²) in [4.78, 5) is 28.1. The Bertz CT molecular complexity index is 722. The van der Waals surface area contributed by atoms with Gasteiger partial charge in [0.2, 0.25) is 5.91 Å². The van der Waals surface area contributed by atoms with E-state index >= 15 is 0 Å². The van der Waals surface area contributed by atoms with Crippen LogP contribution in [0.15, 0.2) is 47.1 Å². The molecule has 6 nitrogen and oxygen atoms in total. The average Bonchev–Trinajstić information content (AvgIpc) is 2.61. The Labute approximate surface area is 148 Å². The SMILES string of the molecule is CC(C(=O)NCCO)c1ccc(NC(=O)c2ccccn2)c(Br)c1. The lowest BCUT2D eigenvalue weighted by Crippen LogP contribution is -2.30. The van der Waals surface area contributed by atoms with Crippen LogP contribution in [0.5, 0.6) is 0 Å². The van der Waals surface area contributed by atoms with Crippen molar-refractivity contribution in [1.82, 2.24) is 10.3 Å². The van der Waals surface area contributed by atoms with Crippen LogP contribution in [0.4, 0.5) is 5.69 Å². The van der Waals surface area contributed by atoms with Crippen molar-refractivity contribution in [2.24, 2.45) is 0 Å². The molecule has 0 radical (unpaired) electrons. The quantitative estimate of drug-likeness (QED) is 0.704. The molecule has 0 bridgehead atoms. The summed E-state index contributed by atoms with van der Waals surface area (Å²) in [5, 5.41) is 14.2. The van der Waals surface area contributed by atoms with Gasteiger partial charge in [-0.3, -0.25) is 14.6 Å². The van der Waals surface area contributed by atoms with Gasteiger partial charge in [-0.05, 0) is 52.7 Å². The number of aliphatic hydroxyl groups is 1. The number of nitrogens with one attached hydrogen (secondary N) is 2. The van der Waals surface area contributed by atoms with Gasteiger partial charge < -0.3 is 15.7 Å². The van der Waals surface area contributed by atoms with E-state index in [1.54, 1.807) is 49.5 Å². The number of carbonyl (C=O) groups is 2. The largest absolute Gasteiger partial charge is 0.395 e. The van der Waals surface area contributed by atoms with Crippen molar-refractivity contribution < 1.29 is 14.7 Å². The Morgan fingerprint density at radius 3 is 2.71 bits per heavy atom. The molecule has 0 saturated heterocycles. The fourth-order valence-corrected chi connectivity index (χ4v) is 2.56. The fourth-order valence-electron chi connectivity index (χ4n) is 2.07. The van der Waals surface area contributed by atoms with Gasteiger partial charge in [0.15, 0.2) is 0 Å². The summed E-state index contributed by atoms with van der Waals surface area (Å²) in [6.45, 7) is 1.91. The molecule has 0 aliphatic carbocycles. The van der Waals surface area contributed by atoms with Crippen molar-refractivity contribution in [2.75, 3.05) is 18.5 Å². The van der Waals surface area contributed by atoms with Gasteiger partial charge in [-0.2, -0.15) is 0 Å². The number of aromatic nitrogens is 1. The fraction of sp³-hybridized carbons (Fsp3) is 0.235. The van der Waals surface area contributed by atoms with Crippen molar-refractivity contribution in [3.05, 3.63) is 58.3 Å². The number of anilines is 1. The molecule has 1 unspecified atom stereocenters. The molecule has 0 aliphatic heterocycles. The summed E-state index contributed by atoms with van der Waals surface area (Å²) in [5.41, 5.74) is 1.72. The predicted octanol–water partition coefficient (Wildman–Crippen LogP) is 2.31. The number of carbonyl (C=O) groups excluding carboxylic acids is 2. The van der Waals surface area contributed by atoms with Crippen LogP contribution in [-0.2, 0) is 4.79 Å². The summed E-state index contributed by atoms with van der Waals surface area (Å²) in [5.74, 6) is -0.840. The highest BCUT2D eigenvalue weighted by molar-refractivity contribution is 9.10. The van der Waals surface area contributed by atoms with Crippen LogP contribution in [0.2, 0.25) is 0 Å². The first kappa shape index (κ1) is 18.1. The minimum absolute atomic E-state index is 0.0966. The number of nitrogens with zero attached hydrogens (tertiary/aromatic N) is 1. The number of amides is 2. The summed E-state index contributed by atoms with van der Waals surface area (Å²) in [6.07, 6.45) is 1.56. The minimum atomic E-state index is -0.367. The second-order valence-electron chi connectivity index (χ2n) is 5.14. The Morgan fingerprint density at radius 2 is 2.08 bits per heavy atom. The standard InChI is InChI=1S/C17H18BrN3O3/c1-11(16(23)20-8-9-22)12-5-6-14(13(18)10-12)21-17(24)15-4-2-3-7-19-15/h2-7,10-11,22H,8-9H2,1H3,(H,20,23)(H,21,24). The summed E-state index contributed by atoms with van der Waals surface area (Å²) in [7, 11) is 0. The van der Waals surface area contributed by atoms with Gasteiger partial charge >= 0.3 is 0 Å². The highest BCUT2D eigenvalue weighted by atomic mass is 79.9. The zero-order valence-electron chi connectivity index (χ0n) is 13.1. The first-order chi connectivity index (χ1) is 11.5. The monoisotopic (exact) mass is 391 g/mol. The molecule has 2 aromatic rings. The summed E-state index contributed by atoms with van der Waals surface area (Å²) >= 11 is 3.41. The molecule has 2 amide bonds. The lowest BCUT2D eigenvalue weighted by atomic mass is 10.00. The van der Waals surface area contributed by atoms with Crippen molar-refractivity contribution >= 4 is 33.4 Å². The molecule has 0 spiro atoms. The van der Waals surface area contributed by atoms with Crippen LogP contribution in [0.25, 0.3) is 0 Å². The first-order valence-corrected chi connectivity index (χ1v) is 8.22. The number of rotatable bonds is 6. The van der Waals surface area contributed by atoms with Crippen molar-refractivity contribution in [3.8, 4) is 0 Å². The van der Waals surface area contributed by atoms with E-state index < -0.39 is 0 Å². The number of benzene rings is 1. The highest BCUT2D eigenvalue weighted by Gasteiger charge is 2.16. The second kappa shape index (κ2) is 8.56. The first-order valence-electron chi connectivity index (χ1n) is 7.43. The van der Waals surface area contributed by atoms with Gasteiger partial charge in [-0.25, -0.2) is 0 Å². The molecular formula is C17H18BrN3O3. The predicted molar refractivity (Wildman–Crippen MR) is 94.8 cm³/mol. The van der Waals surface area contributed by atoms with Crippen LogP contribution >= 0.6 is 15.9 Å². The molecule has 7 heteroatoms. The van der Waals surface area contributed by atoms with Gasteiger partial charge in [0.1, 0.15) is 5.69 Å². The Balaban J connectivity index is 2.09. The van der Waals surface area contributed by atoms with Crippen LogP contribution in [0, 0.1) is 0 Å². The average molecular weight is 392 g/mol. The molecular weight excluding hydrogens is 374 g/mol. The lowest BCUT2D eigenvalue weighted by Gasteiger charge is -2.14. The molecule has 24 heavy (non-hydrogen) atoms. The Morgan fingerprint density at radius 1 is 1.29 bits per heavy atom. The highest BCUT2D eigenvalue weighted by Crippen LogP contribution is 2.27. The third kappa shape index (κ3) is 4.62. The number of aliphatic hydroxyl groups excluding tert-OH is 1. The van der Waals surface area contributed by atoms with E-state index in [0.29, 0.717) is 15.9 Å². The molecule has 1 atom stereocenters. The zero-order valence-corrected chi connectivity index (χ0v) is 14.7. The molecule has 1 aromatic carbocycles. The minimum Gasteiger partial charge on any atom is -0.395 e. The van der Waals surface area contributed by atoms with E-state index in [4.69, 9.17) is 5.11 Å². The number of hydrogen-bond donors (Lipinski definition) is 3. The smallest absolute Gasteiger partial charge is 0.274 e. The topological polar surface area (TPSA) is 91.3 Å². The Kier molecular flexibility index (Phi) is 6.45. The van der Waals surface area contributed by atoms with Crippen molar-refractivity contribution in [3.63, 3.8) is 0 Å². The molecule has 1 heterocycles. The molecule has 0 saturated carbocycles. The van der Waals surface area contributed by atoms with E-state index in [1.807, 2.05) is 0 Å². The normalized spacial score (nSPS) is 11.6. The number of pyridine rings is 1. The number of halogens is 1. The molecule has 0 aliphatic rings. The second-order valence-corrected chi connectivity index (χ2v) is 6.00. The molecule has 126 valence electrons. The Hall–Kier alpha value is -2.25. The molecule has 2 rings (SSSR count). The van der Waals surface area contributed by atoms with Crippen molar-refractivity contribution in [2.45, 2.75) is 12.8 Å². The lowest BCUT2D eigenvalue weighted by molar-refractivity contribution is -0.122. The van der Waals surface area contributed by atoms with Gasteiger partial charge in [0.05, 0.1) is 18.2 Å². The summed E-state index contributed by atoms with van der Waals surface area (Å²) < 4.78 is 0.672. The third-order valence-corrected chi connectivity index (χ3v) is 4.10. The third-order valence-electron chi connectivity index (χ3n) is 3.44. The van der Waals surface area contributed by atoms with E-state index in [0.717, 1.165) is 5.56 Å². The van der Waals surface area contributed by atoms with Crippen LogP contribution in [-0.4, -0.2) is 35.1 Å². The van der Waals surface area contributed by atoms with E-state index in [1.165, 1.54) is 0 Å². The van der Waals surface area contributed by atoms with E-state index in [-0.39, 0.29) is 30.9 Å². The summed E-state index contributed by atoms with van der Waals surface area (Å²) in [6, 6.07) is 10.4. The van der Waals surface area contributed by atoms with Crippen LogP contribution in [0.1, 0.15) is 28.9 Å². The zero-order chi connectivity index (χ0) is 17.5. The van der Waals surface area contributed by atoms with Crippen LogP contribution in [0.3, 0.4) is 0 Å². The van der Waals surface area contributed by atoms with Gasteiger partial charge in [-0.15, -0.1) is 0 Å². The molecule has 1 aromatic heterocycles. The van der Waals surface area contributed by atoms with E-state index in [9.17, 15) is 9.59 Å². The van der Waals surface area contributed by atoms with Crippen molar-refractivity contribution in [1.29, 1.82) is 0 Å². The van der Waals surface area contributed by atoms with E-state index in [2.05, 4.69) is 31.5 Å². The van der Waals surface area contributed by atoms with Gasteiger partial charge in [0.25, 0.3) is 5.91 Å². The van der Waals surface area contributed by atoms with Crippen LogP contribution < -0.4 is 10.6 Å². The maximum atomic E-state index is 12.1. The van der Waals surface area contributed by atoms with Gasteiger partial charge in [-0.1, -0.05) is 12.1 Å².